The minimum atomic E-state index is -3.11. The number of alkyl halides is 2. The van der Waals surface area contributed by atoms with Gasteiger partial charge >= 0.3 is 6.09 Å². The molecule has 40 heavy (non-hydrogen) atoms. The van der Waals surface area contributed by atoms with Gasteiger partial charge in [-0.15, -0.1) is 0 Å². The van der Waals surface area contributed by atoms with Crippen LogP contribution in [0.5, 0.6) is 0 Å². The molecule has 1 aromatic carbocycles. The van der Waals surface area contributed by atoms with Gasteiger partial charge in [0.25, 0.3) is 11.8 Å². The van der Waals surface area contributed by atoms with Crippen molar-refractivity contribution in [1.82, 2.24) is 20.0 Å². The Morgan fingerprint density at radius 3 is 2.38 bits per heavy atom. The second-order valence-corrected chi connectivity index (χ2v) is 12.2. The molecule has 0 spiro atoms. The van der Waals surface area contributed by atoms with Crippen LogP contribution in [0.4, 0.5) is 18.0 Å². The van der Waals surface area contributed by atoms with E-state index in [0.29, 0.717) is 31.5 Å². The quantitative estimate of drug-likeness (QED) is 0.565. The van der Waals surface area contributed by atoms with Gasteiger partial charge in [-0.05, 0) is 77.1 Å². The zero-order valence-electron chi connectivity index (χ0n) is 23.0. The van der Waals surface area contributed by atoms with E-state index in [9.17, 15) is 19.2 Å². The van der Waals surface area contributed by atoms with Gasteiger partial charge in [0.2, 0.25) is 11.8 Å². The second kappa shape index (κ2) is 10.4. The van der Waals surface area contributed by atoms with E-state index >= 15 is 13.2 Å². The van der Waals surface area contributed by atoms with Crippen molar-refractivity contribution in [2.75, 3.05) is 26.2 Å². The first-order chi connectivity index (χ1) is 18.7. The number of ether oxygens (including phenoxy) is 1. The zero-order valence-corrected chi connectivity index (χ0v) is 23.0. The van der Waals surface area contributed by atoms with Gasteiger partial charge in [-0.1, -0.05) is 6.07 Å². The van der Waals surface area contributed by atoms with E-state index in [-0.39, 0.29) is 49.4 Å². The van der Waals surface area contributed by atoms with E-state index in [1.807, 2.05) is 0 Å². The second-order valence-electron chi connectivity index (χ2n) is 12.2. The Kier molecular flexibility index (Phi) is 7.35. The van der Waals surface area contributed by atoms with Crippen molar-refractivity contribution in [1.29, 1.82) is 0 Å². The number of imide groups is 1. The van der Waals surface area contributed by atoms with Crippen LogP contribution in [0.1, 0.15) is 80.3 Å². The van der Waals surface area contributed by atoms with Crippen LogP contribution in [0.2, 0.25) is 0 Å². The number of carbonyl (C=O) groups is 4. The molecule has 4 aliphatic heterocycles. The summed E-state index contributed by atoms with van der Waals surface area (Å²) in [5.74, 6) is -5.19. The van der Waals surface area contributed by atoms with Crippen molar-refractivity contribution in [2.45, 2.75) is 88.9 Å². The van der Waals surface area contributed by atoms with Crippen molar-refractivity contribution in [2.24, 2.45) is 0 Å². The van der Waals surface area contributed by atoms with Gasteiger partial charge in [0.1, 0.15) is 17.5 Å². The fourth-order valence-corrected chi connectivity index (χ4v) is 6.32. The number of nitrogens with one attached hydrogen (secondary N) is 1. The van der Waals surface area contributed by atoms with Gasteiger partial charge in [-0.25, -0.2) is 18.0 Å². The van der Waals surface area contributed by atoms with Crippen LogP contribution in [0.15, 0.2) is 12.1 Å². The standard InChI is InChI=1S/C28H35F3N4O5/c1-27(2,3)40-26(39)34-13-10-21(28(30,31)15-34)33-11-8-16(9-12-33)17-4-5-18-19(23(17)29)14-35(25(18)38)20-6-7-22(36)32-24(20)37/h4-5,16,20-21H,6-15H2,1-3H3,(H,32,36,37). The normalized spacial score (nSPS) is 26.1. The van der Waals surface area contributed by atoms with E-state index in [4.69, 9.17) is 4.74 Å². The lowest BCUT2D eigenvalue weighted by Gasteiger charge is -2.45. The summed E-state index contributed by atoms with van der Waals surface area (Å²) in [4.78, 5) is 53.2. The number of benzene rings is 1. The van der Waals surface area contributed by atoms with Crippen molar-refractivity contribution >= 4 is 23.8 Å². The van der Waals surface area contributed by atoms with Gasteiger partial charge < -0.3 is 14.5 Å². The first-order valence-corrected chi connectivity index (χ1v) is 13.8. The first-order valence-electron chi connectivity index (χ1n) is 13.8. The fraction of sp³-hybridized carbons (Fsp3) is 0.643. The van der Waals surface area contributed by atoms with Gasteiger partial charge in [0.15, 0.2) is 0 Å². The molecule has 4 amide bonds. The predicted octanol–water partition coefficient (Wildman–Crippen LogP) is 3.41. The topological polar surface area (TPSA) is 99.3 Å². The molecule has 3 saturated heterocycles. The highest BCUT2D eigenvalue weighted by atomic mass is 19.3. The molecule has 0 bridgehead atoms. The van der Waals surface area contributed by atoms with Crippen LogP contribution < -0.4 is 5.32 Å². The molecule has 4 aliphatic rings. The maximum Gasteiger partial charge on any atom is 0.410 e. The number of rotatable bonds is 3. The highest BCUT2D eigenvalue weighted by Gasteiger charge is 2.50. The molecule has 1 aromatic rings. The van der Waals surface area contributed by atoms with E-state index in [0.717, 1.165) is 4.90 Å². The van der Waals surface area contributed by atoms with Gasteiger partial charge in [0.05, 0.1) is 19.1 Å². The molecule has 0 aromatic heterocycles. The number of hydrogen-bond donors (Lipinski definition) is 1. The lowest BCUT2D eigenvalue weighted by atomic mass is 9.86. The van der Waals surface area contributed by atoms with Gasteiger partial charge in [-0.2, -0.15) is 0 Å². The summed E-state index contributed by atoms with van der Waals surface area (Å²) in [5.41, 5.74) is 0.118. The Morgan fingerprint density at radius 2 is 1.75 bits per heavy atom. The molecule has 2 atom stereocenters. The highest BCUT2D eigenvalue weighted by Crippen LogP contribution is 2.39. The van der Waals surface area contributed by atoms with Crippen LogP contribution in [0.25, 0.3) is 0 Å². The number of likely N-dealkylation sites (tertiary alicyclic amines) is 2. The average Bonchev–Trinajstić information content (AvgIpc) is 3.20. The summed E-state index contributed by atoms with van der Waals surface area (Å²) in [5, 5.41) is 2.24. The molecule has 9 nitrogen and oxygen atoms in total. The Bertz CT molecular complexity index is 1230. The zero-order chi connectivity index (χ0) is 29.0. The largest absolute Gasteiger partial charge is 0.444 e. The first kappa shape index (κ1) is 28.4. The van der Waals surface area contributed by atoms with Crippen LogP contribution in [0.3, 0.4) is 0 Å². The number of piperidine rings is 3. The molecule has 1 N–H and O–H groups in total. The maximum atomic E-state index is 15.7. The molecule has 0 saturated carbocycles. The summed E-state index contributed by atoms with van der Waals surface area (Å²) < 4.78 is 51.3. The Hall–Kier alpha value is -3.15. The Morgan fingerprint density at radius 1 is 1.05 bits per heavy atom. The third kappa shape index (κ3) is 5.42. The number of fused-ring (bicyclic) bond motifs is 1. The molecule has 218 valence electrons. The lowest BCUT2D eigenvalue weighted by Crippen LogP contribution is -2.60. The molecule has 5 rings (SSSR count). The summed E-state index contributed by atoms with van der Waals surface area (Å²) in [6.07, 6.45) is 0.625. The third-order valence-electron chi connectivity index (χ3n) is 8.30. The highest BCUT2D eigenvalue weighted by molar-refractivity contribution is 6.05. The summed E-state index contributed by atoms with van der Waals surface area (Å²) in [7, 11) is 0. The SMILES string of the molecule is CC(C)(C)OC(=O)N1CCC(N2CCC(c3ccc4c(c3F)CN(C3CCC(=O)NC3=O)C4=O)CC2)C(F)(F)C1. The molecule has 0 aliphatic carbocycles. The van der Waals surface area contributed by atoms with Crippen molar-refractivity contribution in [3.8, 4) is 0 Å². The number of nitrogens with zero attached hydrogens (tertiary/aromatic N) is 3. The van der Waals surface area contributed by atoms with Crippen LogP contribution in [-0.2, 0) is 20.9 Å². The molecular weight excluding hydrogens is 529 g/mol. The number of carbonyl (C=O) groups excluding carboxylic acids is 4. The molecule has 3 fully saturated rings. The number of halogens is 3. The Balaban J connectivity index is 1.22. The van der Waals surface area contributed by atoms with E-state index in [2.05, 4.69) is 5.32 Å². The molecule has 4 heterocycles. The fourth-order valence-electron chi connectivity index (χ4n) is 6.32. The maximum absolute atomic E-state index is 15.7. The third-order valence-corrected chi connectivity index (χ3v) is 8.30. The molecule has 2 unspecified atom stereocenters. The number of hydrogen-bond acceptors (Lipinski definition) is 6. The molecule has 12 heteroatoms. The lowest BCUT2D eigenvalue weighted by molar-refractivity contribution is -0.136. The van der Waals surface area contributed by atoms with Crippen molar-refractivity contribution < 1.29 is 37.1 Å². The average molecular weight is 565 g/mol. The molecular formula is C28H35F3N4O5. The summed E-state index contributed by atoms with van der Waals surface area (Å²) in [6, 6.07) is 1.33. The summed E-state index contributed by atoms with van der Waals surface area (Å²) in [6.45, 7) is 5.20. The minimum Gasteiger partial charge on any atom is -0.444 e. The van der Waals surface area contributed by atoms with Crippen molar-refractivity contribution in [3.05, 3.63) is 34.6 Å². The van der Waals surface area contributed by atoms with Gasteiger partial charge in [0, 0.05) is 24.1 Å². The van der Waals surface area contributed by atoms with Gasteiger partial charge in [-0.3, -0.25) is 24.6 Å². The predicted molar refractivity (Wildman–Crippen MR) is 137 cm³/mol. The molecule has 0 radical (unpaired) electrons. The monoisotopic (exact) mass is 564 g/mol. The van der Waals surface area contributed by atoms with Crippen molar-refractivity contribution in [3.63, 3.8) is 0 Å². The van der Waals surface area contributed by atoms with E-state index < -0.39 is 59.8 Å². The van der Waals surface area contributed by atoms with E-state index in [1.165, 1.54) is 4.90 Å². The Labute approximate surface area is 231 Å². The smallest absolute Gasteiger partial charge is 0.410 e. The summed E-state index contributed by atoms with van der Waals surface area (Å²) >= 11 is 0. The minimum absolute atomic E-state index is 0.0542. The van der Waals surface area contributed by atoms with Crippen LogP contribution in [-0.4, -0.2) is 88.3 Å². The van der Waals surface area contributed by atoms with E-state index in [1.54, 1.807) is 37.8 Å². The van der Waals surface area contributed by atoms with Crippen LogP contribution >= 0.6 is 0 Å². The number of amides is 4. The van der Waals surface area contributed by atoms with Crippen LogP contribution in [0, 0.1) is 5.82 Å².